The molecule has 2 aromatic rings. The quantitative estimate of drug-likeness (QED) is 0.705. The minimum absolute atomic E-state index is 0.0979. The highest BCUT2D eigenvalue weighted by molar-refractivity contribution is 6.07. The Bertz CT molecular complexity index is 848. The van der Waals surface area contributed by atoms with Crippen molar-refractivity contribution in [2.24, 2.45) is 4.99 Å². The van der Waals surface area contributed by atoms with Gasteiger partial charge in [0.1, 0.15) is 23.1 Å². The summed E-state index contributed by atoms with van der Waals surface area (Å²) >= 11 is 0. The van der Waals surface area contributed by atoms with Gasteiger partial charge in [-0.2, -0.15) is 5.26 Å². The Morgan fingerprint density at radius 2 is 1.92 bits per heavy atom. The van der Waals surface area contributed by atoms with Crippen LogP contribution < -0.4 is 4.74 Å². The van der Waals surface area contributed by atoms with Crippen LogP contribution in [0.2, 0.25) is 0 Å². The normalized spacial score (nSPS) is 14.4. The van der Waals surface area contributed by atoms with E-state index in [1.807, 2.05) is 0 Å². The molecule has 0 fully saturated rings. The average Bonchev–Trinajstić information content (AvgIpc) is 2.99. The van der Waals surface area contributed by atoms with Gasteiger partial charge >= 0.3 is 0 Å². The van der Waals surface area contributed by atoms with Crippen molar-refractivity contribution in [3.05, 3.63) is 58.7 Å². The number of nitrogens with zero attached hydrogens (tertiary/aromatic N) is 2. The van der Waals surface area contributed by atoms with Gasteiger partial charge in [-0.3, -0.25) is 4.99 Å². The highest BCUT2D eigenvalue weighted by atomic mass is 19.1. The minimum Gasteiger partial charge on any atom is -0.457 e. The van der Waals surface area contributed by atoms with Gasteiger partial charge in [0.15, 0.2) is 0 Å². The molecule has 3 nitrogen and oxygen atoms in total. The van der Waals surface area contributed by atoms with Crippen molar-refractivity contribution in [1.82, 2.24) is 0 Å². The number of unbranched alkanes of at least 4 members (excludes halogenated alkanes) is 1. The third-order valence-corrected chi connectivity index (χ3v) is 4.17. The van der Waals surface area contributed by atoms with Gasteiger partial charge in [-0.1, -0.05) is 13.3 Å². The molecule has 0 radical (unpaired) electrons. The van der Waals surface area contributed by atoms with Crippen LogP contribution in [-0.2, 0) is 6.42 Å². The van der Waals surface area contributed by atoms with E-state index in [4.69, 9.17) is 4.74 Å². The first-order valence-corrected chi connectivity index (χ1v) is 8.36. The van der Waals surface area contributed by atoms with E-state index < -0.39 is 11.6 Å². The largest absolute Gasteiger partial charge is 0.457 e. The maximum absolute atomic E-state index is 13.4. The van der Waals surface area contributed by atoms with Gasteiger partial charge in [0.25, 0.3) is 0 Å². The summed E-state index contributed by atoms with van der Waals surface area (Å²) in [5, 5.41) is 9.40. The molecule has 0 saturated carbocycles. The van der Waals surface area contributed by atoms with E-state index in [2.05, 4.69) is 18.0 Å². The number of halogens is 2. The molecule has 0 saturated heterocycles. The Balaban J connectivity index is 1.98. The molecule has 2 aromatic carbocycles. The summed E-state index contributed by atoms with van der Waals surface area (Å²) in [7, 11) is 0. The van der Waals surface area contributed by atoms with Crippen LogP contribution in [0.3, 0.4) is 0 Å². The summed E-state index contributed by atoms with van der Waals surface area (Å²) < 4.78 is 32.5. The molecule has 3 rings (SSSR count). The van der Waals surface area contributed by atoms with Gasteiger partial charge in [-0.25, -0.2) is 8.78 Å². The number of hydrogen-bond acceptors (Lipinski definition) is 3. The van der Waals surface area contributed by atoms with Crippen LogP contribution in [0.4, 0.5) is 8.78 Å². The van der Waals surface area contributed by atoms with Crippen LogP contribution in [0, 0.1) is 23.0 Å². The fourth-order valence-corrected chi connectivity index (χ4v) is 3.01. The lowest BCUT2D eigenvalue weighted by atomic mass is 10.0. The molecular weight excluding hydrogens is 322 g/mol. The smallest absolute Gasteiger partial charge is 0.133 e. The SMILES string of the molecule is CCCCN=C1CCc2c(Oc3cc(F)cc(F)c3)ccc(C#N)c21. The Morgan fingerprint density at radius 1 is 1.16 bits per heavy atom. The predicted octanol–water partition coefficient (Wildman–Crippen LogP) is 5.16. The van der Waals surface area contributed by atoms with Crippen molar-refractivity contribution < 1.29 is 13.5 Å². The van der Waals surface area contributed by atoms with Crippen molar-refractivity contribution in [3.8, 4) is 17.6 Å². The Morgan fingerprint density at radius 3 is 2.60 bits per heavy atom. The summed E-state index contributed by atoms with van der Waals surface area (Å²) in [6.07, 6.45) is 3.50. The molecule has 0 amide bonds. The molecule has 128 valence electrons. The zero-order valence-electron chi connectivity index (χ0n) is 14.0. The molecule has 1 aliphatic carbocycles. The van der Waals surface area contributed by atoms with Gasteiger partial charge in [0.05, 0.1) is 11.6 Å². The molecule has 0 spiro atoms. The highest BCUT2D eigenvalue weighted by Crippen LogP contribution is 2.36. The second-order valence-electron chi connectivity index (χ2n) is 5.97. The molecule has 0 N–H and O–H groups in total. The number of nitriles is 1. The minimum atomic E-state index is -0.692. The van der Waals surface area contributed by atoms with Gasteiger partial charge in [-0.05, 0) is 31.4 Å². The molecule has 0 aliphatic heterocycles. The van der Waals surface area contributed by atoms with Crippen molar-refractivity contribution in [2.45, 2.75) is 32.6 Å². The second kappa shape index (κ2) is 7.43. The fourth-order valence-electron chi connectivity index (χ4n) is 3.01. The average molecular weight is 340 g/mol. The number of hydrogen-bond donors (Lipinski definition) is 0. The first kappa shape index (κ1) is 17.1. The maximum atomic E-state index is 13.4. The van der Waals surface area contributed by atoms with Crippen LogP contribution in [-0.4, -0.2) is 12.3 Å². The number of rotatable bonds is 5. The van der Waals surface area contributed by atoms with E-state index in [9.17, 15) is 14.0 Å². The summed E-state index contributed by atoms with van der Waals surface area (Å²) in [5.74, 6) is -0.773. The number of benzene rings is 2. The number of fused-ring (bicyclic) bond motifs is 1. The van der Waals surface area contributed by atoms with Crippen molar-refractivity contribution in [1.29, 1.82) is 5.26 Å². The number of ether oxygens (including phenoxy) is 1. The van der Waals surface area contributed by atoms with Crippen LogP contribution in [0.15, 0.2) is 35.3 Å². The van der Waals surface area contributed by atoms with Crippen LogP contribution >= 0.6 is 0 Å². The second-order valence-corrected chi connectivity index (χ2v) is 5.97. The third kappa shape index (κ3) is 3.69. The van der Waals surface area contributed by atoms with Crippen molar-refractivity contribution in [2.75, 3.05) is 6.54 Å². The summed E-state index contributed by atoms with van der Waals surface area (Å²) in [6, 6.07) is 8.62. The Hall–Kier alpha value is -2.74. The van der Waals surface area contributed by atoms with E-state index in [1.54, 1.807) is 12.1 Å². The lowest BCUT2D eigenvalue weighted by Gasteiger charge is -2.12. The van der Waals surface area contributed by atoms with Crippen molar-refractivity contribution in [3.63, 3.8) is 0 Å². The Labute approximate surface area is 145 Å². The monoisotopic (exact) mass is 340 g/mol. The maximum Gasteiger partial charge on any atom is 0.133 e. The lowest BCUT2D eigenvalue weighted by molar-refractivity contribution is 0.463. The van der Waals surface area contributed by atoms with E-state index in [-0.39, 0.29) is 5.75 Å². The van der Waals surface area contributed by atoms with Crippen molar-refractivity contribution >= 4 is 5.71 Å². The summed E-state index contributed by atoms with van der Waals surface area (Å²) in [4.78, 5) is 4.63. The van der Waals surface area contributed by atoms with Gasteiger partial charge in [0, 0.05) is 41.6 Å². The first-order chi connectivity index (χ1) is 12.1. The van der Waals surface area contributed by atoms with Crippen LogP contribution in [0.25, 0.3) is 0 Å². The molecule has 0 heterocycles. The van der Waals surface area contributed by atoms with Gasteiger partial charge in [0.2, 0.25) is 0 Å². The summed E-state index contributed by atoms with van der Waals surface area (Å²) in [6.45, 7) is 2.84. The molecule has 0 bridgehead atoms. The molecule has 0 aromatic heterocycles. The van der Waals surface area contributed by atoms with E-state index in [1.165, 1.54) is 0 Å². The fraction of sp³-hybridized carbons (Fsp3) is 0.300. The molecule has 1 aliphatic rings. The van der Waals surface area contributed by atoms with E-state index >= 15 is 0 Å². The number of aliphatic imine (C=N–C) groups is 1. The molecule has 5 heteroatoms. The lowest BCUT2D eigenvalue weighted by Crippen LogP contribution is -2.01. The van der Waals surface area contributed by atoms with Crippen LogP contribution in [0.5, 0.6) is 11.5 Å². The molecular formula is C20H18F2N2O. The van der Waals surface area contributed by atoms with Crippen LogP contribution in [0.1, 0.15) is 42.9 Å². The molecule has 25 heavy (non-hydrogen) atoms. The van der Waals surface area contributed by atoms with E-state index in [0.29, 0.717) is 17.7 Å². The van der Waals surface area contributed by atoms with Gasteiger partial charge in [-0.15, -0.1) is 0 Å². The Kier molecular flexibility index (Phi) is 5.08. The summed E-state index contributed by atoms with van der Waals surface area (Å²) in [5.41, 5.74) is 3.16. The molecule has 0 unspecified atom stereocenters. The topological polar surface area (TPSA) is 45.4 Å². The molecule has 0 atom stereocenters. The zero-order valence-corrected chi connectivity index (χ0v) is 14.0. The first-order valence-electron chi connectivity index (χ1n) is 8.36. The highest BCUT2D eigenvalue weighted by Gasteiger charge is 2.25. The van der Waals surface area contributed by atoms with E-state index in [0.717, 1.165) is 60.8 Å². The van der Waals surface area contributed by atoms with Gasteiger partial charge < -0.3 is 4.74 Å². The predicted molar refractivity (Wildman–Crippen MR) is 92.2 cm³/mol. The zero-order chi connectivity index (χ0) is 17.8. The third-order valence-electron chi connectivity index (χ3n) is 4.17. The standard InChI is InChI=1S/C20H18F2N2O/c1-2-3-8-24-18-6-5-17-19(7-4-13(12-23)20(17)18)25-16-10-14(21)9-15(22)11-16/h4,7,9-11H,2-3,5-6,8H2,1H3.